The first-order valence-corrected chi connectivity index (χ1v) is 10.1. The zero-order valence-corrected chi connectivity index (χ0v) is 16.7. The van der Waals surface area contributed by atoms with Crippen molar-refractivity contribution in [3.8, 4) is 0 Å². The largest absolute Gasteiger partial charge is 0.355 e. The number of hydrogen-bond acceptors (Lipinski definition) is 5. The molecule has 1 aromatic carbocycles. The third kappa shape index (κ3) is 4.59. The van der Waals surface area contributed by atoms with E-state index < -0.39 is 10.0 Å². The molecule has 0 atom stereocenters. The number of rotatable bonds is 8. The minimum atomic E-state index is -3.78. The van der Waals surface area contributed by atoms with Crippen molar-refractivity contribution in [3.63, 3.8) is 0 Å². The summed E-state index contributed by atoms with van der Waals surface area (Å²) in [6, 6.07) is 4.83. The summed E-state index contributed by atoms with van der Waals surface area (Å²) in [7, 11) is -2.39. The second-order valence-corrected chi connectivity index (χ2v) is 9.12. The third-order valence-corrected chi connectivity index (χ3v) is 5.85. The lowest BCUT2D eigenvalue weighted by molar-refractivity contribution is -0.121. The van der Waals surface area contributed by atoms with Gasteiger partial charge in [0.15, 0.2) is 0 Å². The minimum Gasteiger partial charge on any atom is -0.355 e. The minimum absolute atomic E-state index is 0.0956. The van der Waals surface area contributed by atoms with Crippen LogP contribution >= 0.6 is 0 Å². The van der Waals surface area contributed by atoms with Crippen molar-refractivity contribution in [3.05, 3.63) is 18.2 Å². The Balaban J connectivity index is 2.13. The van der Waals surface area contributed by atoms with Gasteiger partial charge in [-0.3, -0.25) is 4.79 Å². The first-order valence-electron chi connectivity index (χ1n) is 8.71. The molecule has 8 nitrogen and oxygen atoms in total. The Bertz CT molecular complexity index is 874. The summed E-state index contributed by atoms with van der Waals surface area (Å²) in [6.07, 6.45) is 0.852. The molecule has 0 radical (unpaired) electrons. The fourth-order valence-corrected chi connectivity index (χ4v) is 3.63. The summed E-state index contributed by atoms with van der Waals surface area (Å²) in [5.41, 5.74) is 1.28. The van der Waals surface area contributed by atoms with Gasteiger partial charge in [0.05, 0.1) is 17.0 Å². The number of carbonyl (C=O) groups excluding carboxylic acids is 1. The van der Waals surface area contributed by atoms with E-state index in [1.807, 2.05) is 13.8 Å². The van der Waals surface area contributed by atoms with Gasteiger partial charge in [0, 0.05) is 19.6 Å². The lowest BCUT2D eigenvalue weighted by Crippen LogP contribution is -2.38. The van der Waals surface area contributed by atoms with Gasteiger partial charge in [-0.05, 0) is 44.4 Å². The topological polar surface area (TPSA) is 97.2 Å². The maximum Gasteiger partial charge on any atom is 0.243 e. The summed E-state index contributed by atoms with van der Waals surface area (Å²) in [4.78, 5) is 12.1. The molecule has 0 aliphatic carbocycles. The number of carbonyl (C=O) groups is 1. The molecule has 0 saturated carbocycles. The Hall–Kier alpha value is -2.00. The molecule has 0 unspecified atom stereocenters. The van der Waals surface area contributed by atoms with Crippen LogP contribution in [-0.4, -0.2) is 53.8 Å². The van der Waals surface area contributed by atoms with E-state index in [1.54, 1.807) is 10.7 Å². The SMILES string of the molecule is CC(C)CCNC(=O)CN(C)S(=O)(=O)c1ccc2c(c1)nnn2C(C)C. The molecule has 1 aromatic heterocycles. The van der Waals surface area contributed by atoms with Crippen molar-refractivity contribution in [2.45, 2.75) is 45.1 Å². The average Bonchev–Trinajstić information content (AvgIpc) is 2.97. The van der Waals surface area contributed by atoms with E-state index in [1.165, 1.54) is 19.2 Å². The summed E-state index contributed by atoms with van der Waals surface area (Å²) < 4.78 is 28.2. The summed E-state index contributed by atoms with van der Waals surface area (Å²) >= 11 is 0. The lowest BCUT2D eigenvalue weighted by Gasteiger charge is -2.17. The summed E-state index contributed by atoms with van der Waals surface area (Å²) in [5.74, 6) is 0.159. The number of amides is 1. The van der Waals surface area contributed by atoms with E-state index in [0.717, 1.165) is 16.2 Å². The molecule has 2 rings (SSSR count). The highest BCUT2D eigenvalue weighted by atomic mass is 32.2. The number of sulfonamides is 1. The van der Waals surface area contributed by atoms with Crippen LogP contribution < -0.4 is 5.32 Å². The molecule has 0 aliphatic rings. The summed E-state index contributed by atoms with van der Waals surface area (Å²) in [5, 5.41) is 10.8. The number of fused-ring (bicyclic) bond motifs is 1. The van der Waals surface area contributed by atoms with Crippen molar-refractivity contribution in [1.29, 1.82) is 0 Å². The van der Waals surface area contributed by atoms with Crippen LogP contribution in [0.25, 0.3) is 11.0 Å². The highest BCUT2D eigenvalue weighted by Crippen LogP contribution is 2.21. The first-order chi connectivity index (χ1) is 12.1. The zero-order chi connectivity index (χ0) is 19.5. The van der Waals surface area contributed by atoms with Crippen LogP contribution in [0.5, 0.6) is 0 Å². The van der Waals surface area contributed by atoms with Crippen LogP contribution in [0.15, 0.2) is 23.1 Å². The number of hydrogen-bond donors (Lipinski definition) is 1. The number of nitrogens with one attached hydrogen (secondary N) is 1. The molecule has 1 N–H and O–H groups in total. The maximum absolute atomic E-state index is 12.7. The Kier molecular flexibility index (Phi) is 6.35. The van der Waals surface area contributed by atoms with Gasteiger partial charge < -0.3 is 5.32 Å². The summed E-state index contributed by atoms with van der Waals surface area (Å²) in [6.45, 7) is 8.39. The van der Waals surface area contributed by atoms with Crippen molar-refractivity contribution in [2.24, 2.45) is 5.92 Å². The number of nitrogens with zero attached hydrogens (tertiary/aromatic N) is 4. The van der Waals surface area contributed by atoms with Crippen LogP contribution in [0, 0.1) is 5.92 Å². The van der Waals surface area contributed by atoms with Crippen molar-refractivity contribution >= 4 is 27.0 Å². The standard InChI is InChI=1S/C17H27N5O3S/c1-12(2)8-9-18-17(23)11-21(5)26(24,25)14-6-7-16-15(10-14)19-20-22(16)13(3)4/h6-7,10,12-13H,8-9,11H2,1-5H3,(H,18,23). The molecule has 26 heavy (non-hydrogen) atoms. The molecule has 144 valence electrons. The zero-order valence-electron chi connectivity index (χ0n) is 15.9. The quantitative estimate of drug-likeness (QED) is 0.752. The van der Waals surface area contributed by atoms with Crippen LogP contribution in [0.2, 0.25) is 0 Å². The molecule has 2 aromatic rings. The Morgan fingerprint density at radius 2 is 1.96 bits per heavy atom. The monoisotopic (exact) mass is 381 g/mol. The molecular weight excluding hydrogens is 354 g/mol. The van der Waals surface area contributed by atoms with E-state index in [9.17, 15) is 13.2 Å². The van der Waals surface area contributed by atoms with Gasteiger partial charge in [0.25, 0.3) is 0 Å². The molecule has 0 bridgehead atoms. The second kappa shape index (κ2) is 8.13. The van der Waals surface area contributed by atoms with Crippen LogP contribution in [0.1, 0.15) is 40.2 Å². The highest BCUT2D eigenvalue weighted by Gasteiger charge is 2.24. The Morgan fingerprint density at radius 3 is 2.58 bits per heavy atom. The lowest BCUT2D eigenvalue weighted by atomic mass is 10.1. The third-order valence-electron chi connectivity index (χ3n) is 4.05. The number of benzene rings is 1. The normalized spacial score (nSPS) is 12.5. The van der Waals surface area contributed by atoms with Crippen molar-refractivity contribution in [2.75, 3.05) is 20.1 Å². The van der Waals surface area contributed by atoms with Gasteiger partial charge >= 0.3 is 0 Å². The molecule has 9 heteroatoms. The molecular formula is C17H27N5O3S. The fraction of sp³-hybridized carbons (Fsp3) is 0.588. The van der Waals surface area contributed by atoms with Gasteiger partial charge in [0.1, 0.15) is 5.52 Å². The van der Waals surface area contributed by atoms with Gasteiger partial charge in [-0.25, -0.2) is 13.1 Å². The second-order valence-electron chi connectivity index (χ2n) is 7.07. The van der Waals surface area contributed by atoms with E-state index in [4.69, 9.17) is 0 Å². The molecule has 0 saturated heterocycles. The highest BCUT2D eigenvalue weighted by molar-refractivity contribution is 7.89. The number of likely N-dealkylation sites (N-methyl/N-ethyl adjacent to an activating group) is 1. The van der Waals surface area contributed by atoms with E-state index in [2.05, 4.69) is 29.5 Å². The maximum atomic E-state index is 12.7. The predicted molar refractivity (Wildman–Crippen MR) is 100 cm³/mol. The molecule has 1 heterocycles. The van der Waals surface area contributed by atoms with Crippen LogP contribution in [0.4, 0.5) is 0 Å². The Morgan fingerprint density at radius 1 is 1.27 bits per heavy atom. The Labute approximate surface area is 154 Å². The van der Waals surface area contributed by atoms with Crippen LogP contribution in [0.3, 0.4) is 0 Å². The van der Waals surface area contributed by atoms with Crippen molar-refractivity contribution < 1.29 is 13.2 Å². The van der Waals surface area contributed by atoms with E-state index >= 15 is 0 Å². The van der Waals surface area contributed by atoms with E-state index in [0.29, 0.717) is 18.0 Å². The molecule has 0 aliphatic heterocycles. The van der Waals surface area contributed by atoms with Gasteiger partial charge in [-0.2, -0.15) is 4.31 Å². The molecule has 0 spiro atoms. The van der Waals surface area contributed by atoms with Gasteiger partial charge in [-0.15, -0.1) is 5.10 Å². The first kappa shape index (κ1) is 20.3. The van der Waals surface area contributed by atoms with Crippen molar-refractivity contribution in [1.82, 2.24) is 24.6 Å². The van der Waals surface area contributed by atoms with Crippen LogP contribution in [-0.2, 0) is 14.8 Å². The molecule has 1 amide bonds. The van der Waals surface area contributed by atoms with Gasteiger partial charge in [-0.1, -0.05) is 19.1 Å². The smallest absolute Gasteiger partial charge is 0.243 e. The average molecular weight is 382 g/mol. The predicted octanol–water partition coefficient (Wildman–Crippen LogP) is 1.79. The molecule has 0 fully saturated rings. The van der Waals surface area contributed by atoms with E-state index in [-0.39, 0.29) is 23.4 Å². The fourth-order valence-electron chi connectivity index (χ4n) is 2.49. The van der Waals surface area contributed by atoms with Gasteiger partial charge in [0.2, 0.25) is 15.9 Å². The number of aromatic nitrogens is 3.